The summed E-state index contributed by atoms with van der Waals surface area (Å²) in [5.74, 6) is 1.16. The number of aryl methyl sites for hydroxylation is 1. The molecule has 0 aliphatic carbocycles. The quantitative estimate of drug-likeness (QED) is 0.295. The minimum Gasteiger partial charge on any atom is -0.497 e. The Bertz CT molecular complexity index is 1010. The van der Waals surface area contributed by atoms with Crippen molar-refractivity contribution in [3.63, 3.8) is 0 Å². The molecule has 0 saturated carbocycles. The molecule has 156 valence electrons. The standard InChI is InChI=1S/C20H19N3O7/c1-27-16-9-13(10-17(11-16)28-2)3-8-19(24)29-12-18-21-22-20(30-18)14-4-6-15(7-5-14)23(25)26/h4-7,9-11H,3,8,12H2,1-2H3. The zero-order valence-corrected chi connectivity index (χ0v) is 16.4. The summed E-state index contributed by atoms with van der Waals surface area (Å²) in [5, 5.41) is 18.4. The molecule has 3 aromatic rings. The molecular formula is C20H19N3O7. The van der Waals surface area contributed by atoms with E-state index in [9.17, 15) is 14.9 Å². The molecule has 0 fully saturated rings. The van der Waals surface area contributed by atoms with Crippen LogP contribution in [0.4, 0.5) is 5.69 Å². The fourth-order valence-corrected chi connectivity index (χ4v) is 2.63. The summed E-state index contributed by atoms with van der Waals surface area (Å²) < 4.78 is 21.0. The monoisotopic (exact) mass is 413 g/mol. The number of hydrogen-bond donors (Lipinski definition) is 0. The van der Waals surface area contributed by atoms with Gasteiger partial charge in [0.2, 0.25) is 5.89 Å². The van der Waals surface area contributed by atoms with Crippen molar-refractivity contribution in [1.82, 2.24) is 10.2 Å². The number of ether oxygens (including phenoxy) is 3. The molecule has 30 heavy (non-hydrogen) atoms. The number of benzene rings is 2. The number of hydrogen-bond acceptors (Lipinski definition) is 9. The fraction of sp³-hybridized carbons (Fsp3) is 0.250. The molecule has 0 amide bonds. The van der Waals surface area contributed by atoms with Crippen LogP contribution in [-0.4, -0.2) is 35.3 Å². The molecule has 0 bridgehead atoms. The summed E-state index contributed by atoms with van der Waals surface area (Å²) in [4.78, 5) is 22.2. The largest absolute Gasteiger partial charge is 0.497 e. The van der Waals surface area contributed by atoms with Gasteiger partial charge in [0.05, 0.1) is 19.1 Å². The van der Waals surface area contributed by atoms with Crippen molar-refractivity contribution < 1.29 is 28.3 Å². The maximum Gasteiger partial charge on any atom is 0.306 e. The smallest absolute Gasteiger partial charge is 0.306 e. The van der Waals surface area contributed by atoms with Crippen molar-refractivity contribution in [3.05, 3.63) is 64.0 Å². The van der Waals surface area contributed by atoms with Gasteiger partial charge in [-0.25, -0.2) is 0 Å². The number of non-ortho nitro benzene ring substituents is 1. The lowest BCUT2D eigenvalue weighted by molar-refractivity contribution is -0.384. The van der Waals surface area contributed by atoms with Crippen LogP contribution < -0.4 is 9.47 Å². The molecule has 0 radical (unpaired) electrons. The van der Waals surface area contributed by atoms with Gasteiger partial charge in [-0.2, -0.15) is 0 Å². The van der Waals surface area contributed by atoms with Crippen LogP contribution in [0, 0.1) is 10.1 Å². The van der Waals surface area contributed by atoms with Gasteiger partial charge < -0.3 is 18.6 Å². The highest BCUT2D eigenvalue weighted by Gasteiger charge is 2.13. The molecule has 0 atom stereocenters. The number of rotatable bonds is 9. The van der Waals surface area contributed by atoms with Crippen molar-refractivity contribution >= 4 is 11.7 Å². The second-order valence-electron chi connectivity index (χ2n) is 6.19. The number of esters is 1. The Hall–Kier alpha value is -3.95. The van der Waals surface area contributed by atoms with E-state index in [0.29, 0.717) is 23.5 Å². The number of nitrogens with zero attached hydrogens (tertiary/aromatic N) is 3. The summed E-state index contributed by atoms with van der Waals surface area (Å²) in [7, 11) is 3.12. The SMILES string of the molecule is COc1cc(CCC(=O)OCc2nnc(-c3ccc([N+](=O)[O-])cc3)o2)cc(OC)c1. The highest BCUT2D eigenvalue weighted by atomic mass is 16.6. The summed E-state index contributed by atoms with van der Waals surface area (Å²) in [6, 6.07) is 11.1. The van der Waals surface area contributed by atoms with Crippen LogP contribution in [0.5, 0.6) is 11.5 Å². The molecule has 2 aromatic carbocycles. The van der Waals surface area contributed by atoms with E-state index in [1.165, 1.54) is 24.3 Å². The maximum atomic E-state index is 12.0. The van der Waals surface area contributed by atoms with Gasteiger partial charge in [0, 0.05) is 30.2 Å². The number of carbonyl (C=O) groups is 1. The van der Waals surface area contributed by atoms with E-state index < -0.39 is 10.9 Å². The zero-order valence-electron chi connectivity index (χ0n) is 16.4. The van der Waals surface area contributed by atoms with E-state index in [0.717, 1.165) is 5.56 Å². The summed E-state index contributed by atoms with van der Waals surface area (Å²) in [6.07, 6.45) is 0.601. The zero-order chi connectivity index (χ0) is 21.5. The van der Waals surface area contributed by atoms with Crippen LogP contribution in [-0.2, 0) is 22.6 Å². The minimum absolute atomic E-state index is 0.0407. The summed E-state index contributed by atoms with van der Waals surface area (Å²) >= 11 is 0. The number of carbonyl (C=O) groups excluding carboxylic acids is 1. The van der Waals surface area contributed by atoms with E-state index in [1.807, 2.05) is 12.1 Å². The minimum atomic E-state index is -0.496. The molecule has 3 rings (SSSR count). The van der Waals surface area contributed by atoms with Crippen LogP contribution in [0.25, 0.3) is 11.5 Å². The second kappa shape index (κ2) is 9.50. The van der Waals surface area contributed by atoms with Gasteiger partial charge in [-0.05, 0) is 36.2 Å². The second-order valence-corrected chi connectivity index (χ2v) is 6.19. The number of nitro benzene ring substituents is 1. The topological polar surface area (TPSA) is 127 Å². The Labute approximate surface area is 171 Å². The van der Waals surface area contributed by atoms with Crippen molar-refractivity contribution in [3.8, 4) is 23.0 Å². The normalized spacial score (nSPS) is 10.5. The molecule has 1 heterocycles. The average Bonchev–Trinajstić information content (AvgIpc) is 3.25. The molecule has 0 unspecified atom stereocenters. The van der Waals surface area contributed by atoms with E-state index in [2.05, 4.69) is 10.2 Å². The predicted octanol–water partition coefficient (Wildman–Crippen LogP) is 3.34. The molecule has 0 spiro atoms. The number of aromatic nitrogens is 2. The van der Waals surface area contributed by atoms with E-state index in [-0.39, 0.29) is 30.5 Å². The Morgan fingerprint density at radius 1 is 1.07 bits per heavy atom. The third kappa shape index (κ3) is 5.31. The summed E-state index contributed by atoms with van der Waals surface area (Å²) in [6.45, 7) is -0.166. The molecule has 0 aliphatic heterocycles. The maximum absolute atomic E-state index is 12.0. The number of methoxy groups -OCH3 is 2. The van der Waals surface area contributed by atoms with E-state index in [1.54, 1.807) is 20.3 Å². The van der Waals surface area contributed by atoms with Crippen molar-refractivity contribution in [2.24, 2.45) is 0 Å². The van der Waals surface area contributed by atoms with Gasteiger partial charge in [-0.15, -0.1) is 10.2 Å². The van der Waals surface area contributed by atoms with Gasteiger partial charge >= 0.3 is 5.97 Å². The number of nitro groups is 1. The van der Waals surface area contributed by atoms with Crippen molar-refractivity contribution in [2.45, 2.75) is 19.4 Å². The lowest BCUT2D eigenvalue weighted by Crippen LogP contribution is -2.06. The van der Waals surface area contributed by atoms with Gasteiger partial charge in [0.15, 0.2) is 6.61 Å². The van der Waals surface area contributed by atoms with Crippen LogP contribution in [0.2, 0.25) is 0 Å². The lowest BCUT2D eigenvalue weighted by Gasteiger charge is -2.08. The highest BCUT2D eigenvalue weighted by Crippen LogP contribution is 2.24. The molecule has 10 nitrogen and oxygen atoms in total. The van der Waals surface area contributed by atoms with E-state index >= 15 is 0 Å². The van der Waals surface area contributed by atoms with Crippen LogP contribution >= 0.6 is 0 Å². The molecule has 10 heteroatoms. The van der Waals surface area contributed by atoms with Gasteiger partial charge in [-0.3, -0.25) is 14.9 Å². The first-order chi connectivity index (χ1) is 14.5. The lowest BCUT2D eigenvalue weighted by atomic mass is 10.1. The molecule has 0 N–H and O–H groups in total. The van der Waals surface area contributed by atoms with Crippen LogP contribution in [0.3, 0.4) is 0 Å². The van der Waals surface area contributed by atoms with Crippen LogP contribution in [0.1, 0.15) is 17.9 Å². The van der Waals surface area contributed by atoms with E-state index in [4.69, 9.17) is 18.6 Å². The summed E-state index contributed by atoms with van der Waals surface area (Å²) in [5.41, 5.74) is 1.36. The van der Waals surface area contributed by atoms with Crippen molar-refractivity contribution in [1.29, 1.82) is 0 Å². The van der Waals surface area contributed by atoms with Gasteiger partial charge in [0.1, 0.15) is 11.5 Å². The van der Waals surface area contributed by atoms with Gasteiger partial charge in [0.25, 0.3) is 11.6 Å². The third-order valence-corrected chi connectivity index (χ3v) is 4.18. The first-order valence-electron chi connectivity index (χ1n) is 8.93. The third-order valence-electron chi connectivity index (χ3n) is 4.18. The first kappa shape index (κ1) is 20.8. The highest BCUT2D eigenvalue weighted by molar-refractivity contribution is 5.69. The Kier molecular flexibility index (Phi) is 6.58. The average molecular weight is 413 g/mol. The molecule has 0 aliphatic rings. The molecule has 1 aromatic heterocycles. The molecule has 0 saturated heterocycles. The fourth-order valence-electron chi connectivity index (χ4n) is 2.63. The molecular weight excluding hydrogens is 394 g/mol. The van der Waals surface area contributed by atoms with Crippen LogP contribution in [0.15, 0.2) is 46.9 Å². The predicted molar refractivity (Wildman–Crippen MR) is 104 cm³/mol. The Morgan fingerprint density at radius 2 is 1.73 bits per heavy atom. The Morgan fingerprint density at radius 3 is 2.33 bits per heavy atom. The first-order valence-corrected chi connectivity index (χ1v) is 8.93. The Balaban J connectivity index is 1.52. The van der Waals surface area contributed by atoms with Gasteiger partial charge in [-0.1, -0.05) is 0 Å². The van der Waals surface area contributed by atoms with Crippen molar-refractivity contribution in [2.75, 3.05) is 14.2 Å².